The fourth-order valence-electron chi connectivity index (χ4n) is 0.962. The standard InChI is InChI=1S/C8H10N2O4S/c1-14-15(12,13)5-6-2-3-10-7(4-6)8(9)11/h2-4H,5H2,1H3,(H2,9,11). The number of rotatable bonds is 4. The van der Waals surface area contributed by atoms with E-state index in [2.05, 4.69) is 9.17 Å². The number of primary amides is 1. The van der Waals surface area contributed by atoms with Crippen LogP contribution in [0.25, 0.3) is 0 Å². The second-order valence-electron chi connectivity index (χ2n) is 2.78. The lowest BCUT2D eigenvalue weighted by molar-refractivity contribution is 0.0995. The SMILES string of the molecule is COS(=O)(=O)Cc1ccnc(C(N)=O)c1. The molecule has 1 aromatic heterocycles. The first-order valence-corrected chi connectivity index (χ1v) is 5.55. The van der Waals surface area contributed by atoms with Gasteiger partial charge in [-0.05, 0) is 17.7 Å². The van der Waals surface area contributed by atoms with Gasteiger partial charge in [-0.15, -0.1) is 0 Å². The molecular weight excluding hydrogens is 220 g/mol. The van der Waals surface area contributed by atoms with Gasteiger partial charge in [0.25, 0.3) is 16.0 Å². The van der Waals surface area contributed by atoms with Crippen LogP contribution in [-0.4, -0.2) is 26.4 Å². The van der Waals surface area contributed by atoms with Crippen molar-refractivity contribution in [2.75, 3.05) is 7.11 Å². The molecule has 1 aromatic rings. The fourth-order valence-corrected chi connectivity index (χ4v) is 1.67. The molecule has 0 bridgehead atoms. The summed E-state index contributed by atoms with van der Waals surface area (Å²) in [7, 11) is -2.52. The molecule has 0 fully saturated rings. The van der Waals surface area contributed by atoms with Gasteiger partial charge in [0.05, 0.1) is 7.11 Å². The van der Waals surface area contributed by atoms with E-state index in [1.54, 1.807) is 0 Å². The minimum absolute atomic E-state index is 0.0267. The molecule has 2 N–H and O–H groups in total. The zero-order chi connectivity index (χ0) is 11.5. The average molecular weight is 230 g/mol. The van der Waals surface area contributed by atoms with Crippen LogP contribution in [0.3, 0.4) is 0 Å². The van der Waals surface area contributed by atoms with Gasteiger partial charge >= 0.3 is 0 Å². The summed E-state index contributed by atoms with van der Waals surface area (Å²) in [5.41, 5.74) is 5.43. The Labute approximate surface area is 87.2 Å². The Morgan fingerprint density at radius 2 is 2.27 bits per heavy atom. The number of pyridine rings is 1. The van der Waals surface area contributed by atoms with E-state index in [9.17, 15) is 13.2 Å². The van der Waals surface area contributed by atoms with E-state index in [1.165, 1.54) is 18.3 Å². The number of carbonyl (C=O) groups excluding carboxylic acids is 1. The second-order valence-corrected chi connectivity index (χ2v) is 4.52. The fraction of sp³-hybridized carbons (Fsp3) is 0.250. The van der Waals surface area contributed by atoms with Crippen LogP contribution >= 0.6 is 0 Å². The Kier molecular flexibility index (Phi) is 3.38. The summed E-state index contributed by atoms with van der Waals surface area (Å²) in [4.78, 5) is 14.5. The zero-order valence-electron chi connectivity index (χ0n) is 8.00. The highest BCUT2D eigenvalue weighted by atomic mass is 32.2. The molecule has 0 aliphatic carbocycles. The first-order chi connectivity index (χ1) is 6.94. The summed E-state index contributed by atoms with van der Waals surface area (Å²) in [6, 6.07) is 2.79. The molecule has 0 aromatic carbocycles. The zero-order valence-corrected chi connectivity index (χ0v) is 8.82. The molecular formula is C8H10N2O4S. The Bertz CT molecular complexity index is 469. The summed E-state index contributed by atoms with van der Waals surface area (Å²) in [5.74, 6) is -1.02. The molecule has 0 aliphatic heterocycles. The number of hydrogen-bond donors (Lipinski definition) is 1. The van der Waals surface area contributed by atoms with Gasteiger partial charge < -0.3 is 5.73 Å². The van der Waals surface area contributed by atoms with Crippen molar-refractivity contribution in [1.82, 2.24) is 4.98 Å². The summed E-state index contributed by atoms with van der Waals surface area (Å²) in [6.45, 7) is 0. The van der Waals surface area contributed by atoms with Crippen LogP contribution in [0, 0.1) is 0 Å². The molecule has 1 amide bonds. The quantitative estimate of drug-likeness (QED) is 0.713. The molecule has 0 spiro atoms. The normalized spacial score (nSPS) is 11.3. The minimum Gasteiger partial charge on any atom is -0.364 e. The highest BCUT2D eigenvalue weighted by Gasteiger charge is 2.11. The van der Waals surface area contributed by atoms with Crippen LogP contribution in [0.4, 0.5) is 0 Å². The van der Waals surface area contributed by atoms with E-state index in [-0.39, 0.29) is 11.4 Å². The van der Waals surface area contributed by atoms with Gasteiger partial charge in [0.2, 0.25) is 0 Å². The van der Waals surface area contributed by atoms with Crippen LogP contribution in [0.5, 0.6) is 0 Å². The van der Waals surface area contributed by atoms with Gasteiger partial charge in [0.15, 0.2) is 0 Å². The summed E-state index contributed by atoms with van der Waals surface area (Å²) < 4.78 is 26.5. The van der Waals surface area contributed by atoms with E-state index in [1.807, 2.05) is 0 Å². The predicted octanol–water partition coefficient (Wildman–Crippen LogP) is -0.343. The number of nitrogens with zero attached hydrogens (tertiary/aromatic N) is 1. The molecule has 7 heteroatoms. The lowest BCUT2D eigenvalue weighted by Crippen LogP contribution is -2.14. The minimum atomic E-state index is -3.59. The van der Waals surface area contributed by atoms with E-state index in [0.29, 0.717) is 5.56 Å². The third-order valence-corrected chi connectivity index (χ3v) is 2.87. The molecule has 0 saturated heterocycles. The van der Waals surface area contributed by atoms with Crippen LogP contribution in [0.2, 0.25) is 0 Å². The van der Waals surface area contributed by atoms with Crippen molar-refractivity contribution >= 4 is 16.0 Å². The van der Waals surface area contributed by atoms with Crippen molar-refractivity contribution in [3.8, 4) is 0 Å². The van der Waals surface area contributed by atoms with Crippen molar-refractivity contribution in [3.63, 3.8) is 0 Å². The third kappa shape index (κ3) is 3.30. The molecule has 0 saturated carbocycles. The van der Waals surface area contributed by atoms with Crippen molar-refractivity contribution in [1.29, 1.82) is 0 Å². The van der Waals surface area contributed by atoms with Crippen LogP contribution in [-0.2, 0) is 20.1 Å². The molecule has 1 heterocycles. The number of hydrogen-bond acceptors (Lipinski definition) is 5. The second kappa shape index (κ2) is 4.37. The maximum atomic E-state index is 11.1. The molecule has 0 radical (unpaired) electrons. The smallest absolute Gasteiger partial charge is 0.271 e. The predicted molar refractivity (Wildman–Crippen MR) is 52.4 cm³/mol. The van der Waals surface area contributed by atoms with Crippen molar-refractivity contribution in [3.05, 3.63) is 29.6 Å². The average Bonchev–Trinajstić information content (AvgIpc) is 2.17. The first-order valence-electron chi connectivity index (χ1n) is 3.97. The molecule has 0 atom stereocenters. The largest absolute Gasteiger partial charge is 0.364 e. The topological polar surface area (TPSA) is 99.3 Å². The van der Waals surface area contributed by atoms with Gasteiger partial charge in [-0.2, -0.15) is 8.42 Å². The Morgan fingerprint density at radius 3 is 2.80 bits per heavy atom. The monoisotopic (exact) mass is 230 g/mol. The molecule has 0 unspecified atom stereocenters. The highest BCUT2D eigenvalue weighted by molar-refractivity contribution is 7.85. The number of aromatic nitrogens is 1. The van der Waals surface area contributed by atoms with Crippen molar-refractivity contribution in [2.24, 2.45) is 5.73 Å². The summed E-state index contributed by atoms with van der Waals surface area (Å²) in [5, 5.41) is 0. The van der Waals surface area contributed by atoms with E-state index < -0.39 is 16.0 Å². The summed E-state index contributed by atoms with van der Waals surface area (Å²) in [6.07, 6.45) is 1.32. The van der Waals surface area contributed by atoms with E-state index in [0.717, 1.165) is 7.11 Å². The van der Waals surface area contributed by atoms with Gasteiger partial charge in [-0.1, -0.05) is 0 Å². The first kappa shape index (κ1) is 11.6. The van der Waals surface area contributed by atoms with Crippen molar-refractivity contribution < 1.29 is 17.4 Å². The van der Waals surface area contributed by atoms with E-state index >= 15 is 0 Å². The van der Waals surface area contributed by atoms with Gasteiger partial charge in [0, 0.05) is 6.20 Å². The molecule has 82 valence electrons. The molecule has 0 aliphatic rings. The maximum Gasteiger partial charge on any atom is 0.271 e. The molecule has 1 rings (SSSR count). The van der Waals surface area contributed by atoms with E-state index in [4.69, 9.17) is 5.73 Å². The lowest BCUT2D eigenvalue weighted by Gasteiger charge is -2.02. The Balaban J connectivity index is 2.97. The van der Waals surface area contributed by atoms with Gasteiger partial charge in [-0.3, -0.25) is 14.0 Å². The highest BCUT2D eigenvalue weighted by Crippen LogP contribution is 2.07. The number of amides is 1. The Hall–Kier alpha value is -1.47. The van der Waals surface area contributed by atoms with Crippen LogP contribution < -0.4 is 5.73 Å². The third-order valence-electron chi connectivity index (χ3n) is 1.67. The number of nitrogens with two attached hydrogens (primary N) is 1. The van der Waals surface area contributed by atoms with Crippen LogP contribution in [0.15, 0.2) is 18.3 Å². The molecule has 6 nitrogen and oxygen atoms in total. The lowest BCUT2D eigenvalue weighted by atomic mass is 10.2. The summed E-state index contributed by atoms with van der Waals surface area (Å²) >= 11 is 0. The Morgan fingerprint density at radius 1 is 1.60 bits per heavy atom. The van der Waals surface area contributed by atoms with Gasteiger partial charge in [-0.25, -0.2) is 0 Å². The van der Waals surface area contributed by atoms with Crippen molar-refractivity contribution in [2.45, 2.75) is 5.75 Å². The maximum absolute atomic E-state index is 11.1. The van der Waals surface area contributed by atoms with Crippen LogP contribution in [0.1, 0.15) is 16.1 Å². The molecule has 15 heavy (non-hydrogen) atoms. The van der Waals surface area contributed by atoms with Gasteiger partial charge in [0.1, 0.15) is 11.4 Å². The number of carbonyl (C=O) groups is 1.